The molecule has 2 rings (SSSR count). The van der Waals surface area contributed by atoms with Crippen molar-refractivity contribution < 1.29 is 61.4 Å². The third-order valence-electron chi connectivity index (χ3n) is 3.65. The molecule has 0 spiro atoms. The number of aliphatic hydroxyl groups is 2. The standard InChI is InChI=1S/C11H15N2O14P3S/c1-2-11(5-24-29(20,21)27-30(22,23)26-28(17,18)19)8(15)7(14)9(25-11)13-4-3-6(31)12-10(13)16/h1,3-4,7-9,14-15H,5H2,(H,20,21)(H,22,23)(H,12,16,31)(H2,17,18,19)/t7-,8+,9+,11+/m0/s1. The van der Waals surface area contributed by atoms with Gasteiger partial charge < -0.3 is 34.5 Å². The largest absolute Gasteiger partial charge is 0.490 e. The van der Waals surface area contributed by atoms with Gasteiger partial charge in [-0.3, -0.25) is 14.1 Å². The van der Waals surface area contributed by atoms with Crippen LogP contribution in [0.15, 0.2) is 17.1 Å². The molecular formula is C11H15N2O14P3S. The van der Waals surface area contributed by atoms with Crippen LogP contribution in [0.25, 0.3) is 0 Å². The quantitative estimate of drug-likeness (QED) is 0.121. The van der Waals surface area contributed by atoms with Gasteiger partial charge in [-0.25, -0.2) is 18.5 Å². The Kier molecular flexibility index (Phi) is 7.66. The lowest BCUT2D eigenvalue weighted by Crippen LogP contribution is -2.45. The second-order valence-corrected chi connectivity index (χ2v) is 10.7. The Hall–Kier alpha value is -1.05. The second kappa shape index (κ2) is 9.06. The lowest BCUT2D eigenvalue weighted by molar-refractivity contribution is -0.0920. The highest BCUT2D eigenvalue weighted by Gasteiger charge is 2.56. The summed E-state index contributed by atoms with van der Waals surface area (Å²) in [5.74, 6) is 1.88. The van der Waals surface area contributed by atoms with Crippen molar-refractivity contribution in [3.63, 3.8) is 0 Å². The first-order chi connectivity index (χ1) is 14.0. The van der Waals surface area contributed by atoms with E-state index in [1.807, 2.05) is 5.92 Å². The molecule has 0 aromatic carbocycles. The molecule has 6 atom stereocenters. The molecule has 0 amide bonds. The summed E-state index contributed by atoms with van der Waals surface area (Å²) in [6.07, 6.45) is 0.906. The van der Waals surface area contributed by atoms with Gasteiger partial charge in [-0.15, -0.1) is 6.42 Å². The molecule has 0 bridgehead atoms. The van der Waals surface area contributed by atoms with Crippen molar-refractivity contribution in [2.45, 2.75) is 24.0 Å². The molecule has 1 aromatic rings. The number of hydrogen-bond acceptors (Lipinski definition) is 11. The van der Waals surface area contributed by atoms with Gasteiger partial charge in [0.05, 0.1) is 0 Å². The van der Waals surface area contributed by atoms with E-state index in [4.69, 9.17) is 38.1 Å². The molecule has 20 heteroatoms. The van der Waals surface area contributed by atoms with Crippen LogP contribution in [0.4, 0.5) is 0 Å². The van der Waals surface area contributed by atoms with Crippen molar-refractivity contribution in [1.82, 2.24) is 9.55 Å². The summed E-state index contributed by atoms with van der Waals surface area (Å²) in [4.78, 5) is 49.9. The van der Waals surface area contributed by atoms with Gasteiger partial charge in [0.15, 0.2) is 11.8 Å². The van der Waals surface area contributed by atoms with E-state index in [-0.39, 0.29) is 4.64 Å². The topological polar surface area (TPSA) is 247 Å². The summed E-state index contributed by atoms with van der Waals surface area (Å²) in [5, 5.41) is 20.5. The fourth-order valence-electron chi connectivity index (χ4n) is 2.40. The van der Waals surface area contributed by atoms with E-state index in [0.717, 1.165) is 10.8 Å². The van der Waals surface area contributed by atoms with E-state index in [9.17, 15) is 33.6 Å². The minimum absolute atomic E-state index is 0.0464. The summed E-state index contributed by atoms with van der Waals surface area (Å²) in [6, 6.07) is 1.25. The van der Waals surface area contributed by atoms with Gasteiger partial charge in [-0.05, 0) is 6.07 Å². The maximum atomic E-state index is 12.0. The molecule has 1 aliphatic heterocycles. The van der Waals surface area contributed by atoms with Crippen molar-refractivity contribution in [2.75, 3.05) is 6.61 Å². The van der Waals surface area contributed by atoms with E-state index in [0.29, 0.717) is 0 Å². The Morgan fingerprint density at radius 1 is 1.23 bits per heavy atom. The predicted octanol–water partition coefficient (Wildman–Crippen LogP) is -1.13. The summed E-state index contributed by atoms with van der Waals surface area (Å²) in [5.41, 5.74) is -3.23. The zero-order valence-electron chi connectivity index (χ0n) is 14.8. The second-order valence-electron chi connectivity index (χ2n) is 5.86. The van der Waals surface area contributed by atoms with Crippen LogP contribution in [-0.2, 0) is 31.6 Å². The van der Waals surface area contributed by atoms with Crippen LogP contribution in [-0.4, -0.2) is 63.8 Å². The van der Waals surface area contributed by atoms with Crippen LogP contribution >= 0.6 is 35.7 Å². The SMILES string of the molecule is C#C[C@]1(COP(=O)(O)OP(=O)(O)OP(=O)(O)O)O[C@@H](n2ccc(=S)[nH]c2=O)[C@@H](O)[C@H]1O. The molecule has 1 fully saturated rings. The van der Waals surface area contributed by atoms with Crippen LogP contribution in [0.1, 0.15) is 6.23 Å². The first-order valence-electron chi connectivity index (χ1n) is 7.62. The normalized spacial score (nSPS) is 30.3. The smallest absolute Gasteiger partial charge is 0.386 e. The highest BCUT2D eigenvalue weighted by atomic mass is 32.1. The fourth-order valence-corrected chi connectivity index (χ4v) is 5.59. The van der Waals surface area contributed by atoms with E-state index in [1.54, 1.807) is 0 Å². The summed E-state index contributed by atoms with van der Waals surface area (Å²) in [6.45, 7) is -1.25. The van der Waals surface area contributed by atoms with Crippen LogP contribution in [0, 0.1) is 17.0 Å². The molecule has 2 unspecified atom stereocenters. The predicted molar refractivity (Wildman–Crippen MR) is 99.4 cm³/mol. The number of aromatic amines is 1. The van der Waals surface area contributed by atoms with Gasteiger partial charge in [0, 0.05) is 6.20 Å². The number of aromatic nitrogens is 2. The molecule has 7 N–H and O–H groups in total. The van der Waals surface area contributed by atoms with Gasteiger partial charge >= 0.3 is 29.2 Å². The molecule has 1 saturated heterocycles. The van der Waals surface area contributed by atoms with Crippen LogP contribution in [0.5, 0.6) is 0 Å². The van der Waals surface area contributed by atoms with Crippen LogP contribution in [0.2, 0.25) is 0 Å². The number of terminal acetylenes is 1. The molecular weight excluding hydrogens is 509 g/mol. The summed E-state index contributed by atoms with van der Waals surface area (Å²) >= 11 is 4.76. The zero-order valence-corrected chi connectivity index (χ0v) is 18.3. The average Bonchev–Trinajstić information content (AvgIpc) is 2.82. The van der Waals surface area contributed by atoms with E-state index >= 15 is 0 Å². The number of nitrogens with zero attached hydrogens (tertiary/aromatic N) is 1. The minimum atomic E-state index is -5.79. The fraction of sp³-hybridized carbons (Fsp3) is 0.455. The zero-order chi connectivity index (χ0) is 23.8. The van der Waals surface area contributed by atoms with Gasteiger partial charge in [-0.2, -0.15) is 8.62 Å². The Morgan fingerprint density at radius 2 is 1.84 bits per heavy atom. The molecule has 0 radical (unpaired) electrons. The third-order valence-corrected chi connectivity index (χ3v) is 7.67. The minimum Gasteiger partial charge on any atom is -0.386 e. The number of hydrogen-bond donors (Lipinski definition) is 7. The number of rotatable bonds is 8. The first-order valence-corrected chi connectivity index (χ1v) is 12.6. The van der Waals surface area contributed by atoms with Crippen LogP contribution < -0.4 is 5.69 Å². The van der Waals surface area contributed by atoms with E-state index < -0.39 is 59.8 Å². The molecule has 1 aromatic heterocycles. The van der Waals surface area contributed by atoms with E-state index in [2.05, 4.69) is 18.1 Å². The Bertz CT molecular complexity index is 1140. The molecule has 0 saturated carbocycles. The Morgan fingerprint density at radius 3 is 2.35 bits per heavy atom. The van der Waals surface area contributed by atoms with Crippen molar-refractivity contribution in [3.8, 4) is 12.3 Å². The van der Waals surface area contributed by atoms with Crippen molar-refractivity contribution in [1.29, 1.82) is 0 Å². The molecule has 2 heterocycles. The number of nitrogens with one attached hydrogen (secondary N) is 1. The molecule has 0 aliphatic carbocycles. The van der Waals surface area contributed by atoms with Gasteiger partial charge in [-0.1, -0.05) is 18.1 Å². The average molecular weight is 524 g/mol. The lowest BCUT2D eigenvalue weighted by Gasteiger charge is -2.27. The highest BCUT2D eigenvalue weighted by molar-refractivity contribution is 7.71. The third kappa shape index (κ3) is 6.48. The maximum Gasteiger partial charge on any atom is 0.490 e. The summed E-state index contributed by atoms with van der Waals surface area (Å²) in [7, 11) is -17.0. The Balaban J connectivity index is 2.22. The number of phosphoric ester groups is 1. The molecule has 1 aliphatic rings. The van der Waals surface area contributed by atoms with Gasteiger partial charge in [0.1, 0.15) is 23.5 Å². The molecule has 16 nitrogen and oxygen atoms in total. The van der Waals surface area contributed by atoms with Crippen molar-refractivity contribution in [3.05, 3.63) is 27.4 Å². The van der Waals surface area contributed by atoms with Gasteiger partial charge in [0.2, 0.25) is 0 Å². The summed E-state index contributed by atoms with van der Waals surface area (Å²) < 4.78 is 51.4. The van der Waals surface area contributed by atoms with Gasteiger partial charge in [0.25, 0.3) is 0 Å². The number of H-pyrrole nitrogens is 1. The first kappa shape index (κ1) is 26.2. The number of ether oxygens (including phenoxy) is 1. The maximum absolute atomic E-state index is 12.0. The molecule has 174 valence electrons. The number of aliphatic hydroxyl groups excluding tert-OH is 2. The molecule has 31 heavy (non-hydrogen) atoms. The van der Waals surface area contributed by atoms with Crippen molar-refractivity contribution in [2.24, 2.45) is 0 Å². The lowest BCUT2D eigenvalue weighted by atomic mass is 9.97. The monoisotopic (exact) mass is 524 g/mol. The highest BCUT2D eigenvalue weighted by Crippen LogP contribution is 2.66. The number of phosphoric acid groups is 3. The van der Waals surface area contributed by atoms with Crippen LogP contribution in [0.3, 0.4) is 0 Å². The van der Waals surface area contributed by atoms with Crippen molar-refractivity contribution >= 4 is 35.7 Å². The van der Waals surface area contributed by atoms with E-state index in [1.165, 1.54) is 6.07 Å². The Labute approximate surface area is 177 Å².